The summed E-state index contributed by atoms with van der Waals surface area (Å²) in [5, 5.41) is 21.4. The minimum absolute atomic E-state index is 0.199. The molecule has 0 spiro atoms. The number of aromatic nitrogens is 3. The van der Waals surface area contributed by atoms with E-state index >= 15 is 0 Å². The molecular weight excluding hydrogens is 356 g/mol. The van der Waals surface area contributed by atoms with Crippen molar-refractivity contribution in [3.8, 4) is 6.07 Å². The number of fused-ring (bicyclic) bond motifs is 2. The van der Waals surface area contributed by atoms with Gasteiger partial charge in [-0.1, -0.05) is 6.07 Å². The standard InChI is InChI=1S/C20H20N6O2/c21-8-12-4-6-28-11-17(12)26-16-3-5-23-20(27)18(16)19(25-26)24-15-2-1-13-9-22-10-14(13)7-15/h1-3,5,7,12,17,22H,4,6,9-11H2,(H,23,27)(H,24,25)/t12-,17+/m1/s1. The SMILES string of the molecule is N#C[C@H]1CCOC[C@@H]1n1nc(Nc2ccc3c(c2)CNC3)c2c(=O)[nH]ccc21. The van der Waals surface area contributed by atoms with Gasteiger partial charge in [0.15, 0.2) is 5.82 Å². The highest BCUT2D eigenvalue weighted by atomic mass is 16.5. The fraction of sp³-hybridized carbons (Fsp3) is 0.350. The number of anilines is 2. The van der Waals surface area contributed by atoms with Gasteiger partial charge in [-0.15, -0.1) is 0 Å². The van der Waals surface area contributed by atoms with Gasteiger partial charge in [0.05, 0.1) is 30.2 Å². The van der Waals surface area contributed by atoms with Crippen molar-refractivity contribution in [1.29, 1.82) is 5.26 Å². The number of nitriles is 1. The lowest BCUT2D eigenvalue weighted by Crippen LogP contribution is -2.30. The summed E-state index contributed by atoms with van der Waals surface area (Å²) in [5.41, 5.74) is 3.90. The van der Waals surface area contributed by atoms with Crippen LogP contribution in [0.2, 0.25) is 0 Å². The van der Waals surface area contributed by atoms with E-state index in [9.17, 15) is 10.1 Å². The summed E-state index contributed by atoms with van der Waals surface area (Å²) in [4.78, 5) is 15.3. The molecule has 1 aromatic carbocycles. The predicted octanol–water partition coefficient (Wildman–Crippen LogP) is 2.17. The second kappa shape index (κ2) is 6.78. The molecule has 5 rings (SSSR count). The van der Waals surface area contributed by atoms with Crippen LogP contribution in [-0.2, 0) is 17.8 Å². The molecule has 4 heterocycles. The monoisotopic (exact) mass is 376 g/mol. The molecule has 0 unspecified atom stereocenters. The Labute approximate surface area is 161 Å². The number of ether oxygens (including phenoxy) is 1. The second-order valence-electron chi connectivity index (χ2n) is 7.24. The normalized spacial score (nSPS) is 21.4. The lowest BCUT2D eigenvalue weighted by molar-refractivity contribution is 0.0359. The van der Waals surface area contributed by atoms with Crippen LogP contribution < -0.4 is 16.2 Å². The van der Waals surface area contributed by atoms with Gasteiger partial charge in [0.1, 0.15) is 5.39 Å². The van der Waals surface area contributed by atoms with Crippen molar-refractivity contribution in [3.05, 3.63) is 51.9 Å². The van der Waals surface area contributed by atoms with Crippen molar-refractivity contribution in [2.45, 2.75) is 25.6 Å². The van der Waals surface area contributed by atoms with Crippen LogP contribution in [0, 0.1) is 17.2 Å². The van der Waals surface area contributed by atoms with Crippen LogP contribution >= 0.6 is 0 Å². The Balaban J connectivity index is 1.59. The van der Waals surface area contributed by atoms with E-state index in [0.717, 1.165) is 18.8 Å². The van der Waals surface area contributed by atoms with Crippen molar-refractivity contribution >= 4 is 22.4 Å². The number of hydrogen-bond acceptors (Lipinski definition) is 6. The molecule has 3 aromatic rings. The predicted molar refractivity (Wildman–Crippen MR) is 104 cm³/mol. The van der Waals surface area contributed by atoms with Crippen LogP contribution in [0.25, 0.3) is 10.9 Å². The van der Waals surface area contributed by atoms with Crippen LogP contribution in [0.4, 0.5) is 11.5 Å². The number of aromatic amines is 1. The molecule has 2 aromatic heterocycles. The lowest BCUT2D eigenvalue weighted by Gasteiger charge is -2.27. The van der Waals surface area contributed by atoms with Gasteiger partial charge in [0.25, 0.3) is 5.56 Å². The Hall–Kier alpha value is -3.15. The summed E-state index contributed by atoms with van der Waals surface area (Å²) < 4.78 is 7.37. The van der Waals surface area contributed by atoms with Crippen LogP contribution in [0.3, 0.4) is 0 Å². The third-order valence-electron chi connectivity index (χ3n) is 5.54. The fourth-order valence-electron chi connectivity index (χ4n) is 4.06. The first-order valence-electron chi connectivity index (χ1n) is 9.41. The van der Waals surface area contributed by atoms with E-state index in [-0.39, 0.29) is 17.5 Å². The van der Waals surface area contributed by atoms with Crippen molar-refractivity contribution in [1.82, 2.24) is 20.1 Å². The van der Waals surface area contributed by atoms with Gasteiger partial charge < -0.3 is 20.4 Å². The van der Waals surface area contributed by atoms with Crippen LogP contribution in [0.15, 0.2) is 35.3 Å². The van der Waals surface area contributed by atoms with Gasteiger partial charge >= 0.3 is 0 Å². The molecule has 0 amide bonds. The van der Waals surface area contributed by atoms with E-state index in [0.29, 0.717) is 36.4 Å². The van der Waals surface area contributed by atoms with Gasteiger partial charge in [-0.05, 0) is 35.7 Å². The summed E-state index contributed by atoms with van der Waals surface area (Å²) >= 11 is 0. The Morgan fingerprint density at radius 3 is 3.07 bits per heavy atom. The summed E-state index contributed by atoms with van der Waals surface area (Å²) in [6, 6.07) is 10.1. The van der Waals surface area contributed by atoms with Gasteiger partial charge in [-0.25, -0.2) is 0 Å². The van der Waals surface area contributed by atoms with Crippen LogP contribution in [0.5, 0.6) is 0 Å². The molecular formula is C20H20N6O2. The first-order chi connectivity index (χ1) is 13.7. The lowest BCUT2D eigenvalue weighted by atomic mass is 9.96. The zero-order valence-electron chi connectivity index (χ0n) is 15.2. The van der Waals surface area contributed by atoms with E-state index in [4.69, 9.17) is 9.84 Å². The maximum absolute atomic E-state index is 12.6. The smallest absolute Gasteiger partial charge is 0.261 e. The number of hydrogen-bond donors (Lipinski definition) is 3. The minimum atomic E-state index is -0.220. The maximum Gasteiger partial charge on any atom is 0.261 e. The molecule has 3 N–H and O–H groups in total. The van der Waals surface area contributed by atoms with E-state index in [1.54, 1.807) is 10.9 Å². The topological polar surface area (TPSA) is 108 Å². The molecule has 8 nitrogen and oxygen atoms in total. The van der Waals surface area contributed by atoms with Crippen molar-refractivity contribution in [2.75, 3.05) is 18.5 Å². The van der Waals surface area contributed by atoms with E-state index in [1.807, 2.05) is 12.1 Å². The number of nitrogens with one attached hydrogen (secondary N) is 3. The average Bonchev–Trinajstić information content (AvgIpc) is 3.33. The first-order valence-corrected chi connectivity index (χ1v) is 9.41. The number of pyridine rings is 1. The number of nitrogens with zero attached hydrogens (tertiary/aromatic N) is 3. The van der Waals surface area contributed by atoms with Crippen molar-refractivity contribution in [3.63, 3.8) is 0 Å². The summed E-state index contributed by atoms with van der Waals surface area (Å²) in [7, 11) is 0. The molecule has 0 bridgehead atoms. The number of rotatable bonds is 3. The molecule has 1 fully saturated rings. The molecule has 142 valence electrons. The fourth-order valence-corrected chi connectivity index (χ4v) is 4.06. The Bertz CT molecular complexity index is 1140. The van der Waals surface area contributed by atoms with Gasteiger partial charge in [-0.2, -0.15) is 10.4 Å². The van der Waals surface area contributed by atoms with Crippen molar-refractivity contribution in [2.24, 2.45) is 5.92 Å². The molecule has 0 radical (unpaired) electrons. The van der Waals surface area contributed by atoms with Gasteiger partial charge in [0.2, 0.25) is 0 Å². The largest absolute Gasteiger partial charge is 0.379 e. The molecule has 0 saturated carbocycles. The van der Waals surface area contributed by atoms with Gasteiger partial charge in [0, 0.05) is 31.6 Å². The first kappa shape index (κ1) is 17.0. The van der Waals surface area contributed by atoms with Gasteiger partial charge in [-0.3, -0.25) is 9.48 Å². The van der Waals surface area contributed by atoms with Crippen LogP contribution in [0.1, 0.15) is 23.6 Å². The quantitative estimate of drug-likeness (QED) is 0.647. The van der Waals surface area contributed by atoms with Crippen molar-refractivity contribution < 1.29 is 4.74 Å². The second-order valence-corrected chi connectivity index (χ2v) is 7.24. The van der Waals surface area contributed by atoms with Crippen LogP contribution in [-0.4, -0.2) is 28.0 Å². The Morgan fingerprint density at radius 2 is 2.18 bits per heavy atom. The zero-order valence-corrected chi connectivity index (χ0v) is 15.2. The zero-order chi connectivity index (χ0) is 19.1. The molecule has 0 aliphatic carbocycles. The molecule has 1 saturated heterocycles. The highest BCUT2D eigenvalue weighted by molar-refractivity contribution is 5.91. The van der Waals surface area contributed by atoms with E-state index in [1.165, 1.54) is 11.1 Å². The Kier molecular flexibility index (Phi) is 4.11. The van der Waals surface area contributed by atoms with E-state index < -0.39 is 0 Å². The summed E-state index contributed by atoms with van der Waals surface area (Å²) in [6.45, 7) is 2.70. The highest BCUT2D eigenvalue weighted by Crippen LogP contribution is 2.32. The summed E-state index contributed by atoms with van der Waals surface area (Å²) in [5.74, 6) is 0.292. The third-order valence-corrected chi connectivity index (χ3v) is 5.54. The number of benzene rings is 1. The summed E-state index contributed by atoms with van der Waals surface area (Å²) in [6.07, 6.45) is 2.27. The molecule has 28 heavy (non-hydrogen) atoms. The average molecular weight is 376 g/mol. The molecule has 2 aliphatic heterocycles. The molecule has 2 atom stereocenters. The van der Waals surface area contributed by atoms with E-state index in [2.05, 4.69) is 33.8 Å². The Morgan fingerprint density at radius 1 is 1.29 bits per heavy atom. The highest BCUT2D eigenvalue weighted by Gasteiger charge is 2.30. The molecule has 2 aliphatic rings. The maximum atomic E-state index is 12.6. The number of H-pyrrole nitrogens is 1. The molecule has 8 heteroatoms. The third kappa shape index (κ3) is 2.76. The minimum Gasteiger partial charge on any atom is -0.379 e.